The number of rotatable bonds is 15. The van der Waals surface area contributed by atoms with Crippen molar-refractivity contribution in [3.8, 4) is 0 Å². The molecule has 1 fully saturated rings. The summed E-state index contributed by atoms with van der Waals surface area (Å²) in [5, 5.41) is 2.11. The number of benzene rings is 1. The normalized spacial score (nSPS) is 18.4. The molecule has 0 unspecified atom stereocenters. The van der Waals surface area contributed by atoms with Gasteiger partial charge in [-0.1, -0.05) is 94.5 Å². The van der Waals surface area contributed by atoms with Crippen LogP contribution in [-0.2, 0) is 6.42 Å². The second-order valence-corrected chi connectivity index (χ2v) is 10.8. The summed E-state index contributed by atoms with van der Waals surface area (Å²) in [5.41, 5.74) is 0.858. The number of hydrogen-bond acceptors (Lipinski definition) is 2. The molecule has 0 atom stereocenters. The maximum absolute atomic E-state index is 12.8. The van der Waals surface area contributed by atoms with Gasteiger partial charge in [-0.15, -0.1) is 6.58 Å². The second kappa shape index (κ2) is 14.8. The first kappa shape index (κ1) is 27.1. The van der Waals surface area contributed by atoms with Gasteiger partial charge in [0.25, 0.3) is 0 Å². The second-order valence-electron chi connectivity index (χ2n) is 10.4. The highest BCUT2D eigenvalue weighted by atomic mass is 35.5. The standard InChI is InChI=1S/C31H45ClO2/c1-3-5-7-8-9-10-11-12-13-14-16-27-23-26-21-22-28(30(32)29(26)31(33)34-27)25-19-17-24(18-20-25)15-6-4-2/h4,21-25H,2-3,5-20H2,1H3. The Hall–Kier alpha value is -1.54. The first-order chi connectivity index (χ1) is 16.6. The highest BCUT2D eigenvalue weighted by molar-refractivity contribution is 6.36. The van der Waals surface area contributed by atoms with Crippen molar-refractivity contribution >= 4 is 22.4 Å². The van der Waals surface area contributed by atoms with Gasteiger partial charge in [-0.25, -0.2) is 4.79 Å². The predicted octanol–water partition coefficient (Wildman–Crippen LogP) is 10.1. The van der Waals surface area contributed by atoms with Crippen LogP contribution in [0, 0.1) is 5.92 Å². The maximum atomic E-state index is 12.8. The fourth-order valence-electron chi connectivity index (χ4n) is 5.65. The van der Waals surface area contributed by atoms with E-state index in [0.717, 1.165) is 54.7 Å². The third-order valence-corrected chi connectivity index (χ3v) is 8.20. The molecule has 2 nitrogen and oxygen atoms in total. The average molecular weight is 485 g/mol. The lowest BCUT2D eigenvalue weighted by molar-refractivity contribution is 0.312. The minimum atomic E-state index is -0.272. The van der Waals surface area contributed by atoms with Crippen molar-refractivity contribution in [1.29, 1.82) is 0 Å². The molecule has 1 saturated carbocycles. The summed E-state index contributed by atoms with van der Waals surface area (Å²) in [6, 6.07) is 6.27. The van der Waals surface area contributed by atoms with Crippen LogP contribution in [-0.4, -0.2) is 0 Å². The smallest absolute Gasteiger partial charge is 0.345 e. The minimum Gasteiger partial charge on any atom is -0.427 e. The van der Waals surface area contributed by atoms with Crippen LogP contribution < -0.4 is 5.63 Å². The Morgan fingerprint density at radius 3 is 2.26 bits per heavy atom. The molecule has 1 aromatic heterocycles. The van der Waals surface area contributed by atoms with Crippen LogP contribution in [0.3, 0.4) is 0 Å². The molecule has 0 saturated heterocycles. The van der Waals surface area contributed by atoms with Crippen LogP contribution in [0.2, 0.25) is 5.02 Å². The number of fused-ring (bicyclic) bond motifs is 1. The van der Waals surface area contributed by atoms with Gasteiger partial charge in [0.05, 0.1) is 10.4 Å². The number of halogens is 1. The number of unbranched alkanes of at least 4 members (excludes halogenated alkanes) is 9. The van der Waals surface area contributed by atoms with Gasteiger partial charge in [0.1, 0.15) is 5.76 Å². The molecule has 188 valence electrons. The Morgan fingerprint density at radius 2 is 1.62 bits per heavy atom. The van der Waals surface area contributed by atoms with E-state index in [2.05, 4.69) is 25.6 Å². The Balaban J connectivity index is 1.50. The van der Waals surface area contributed by atoms with Crippen molar-refractivity contribution in [2.24, 2.45) is 5.92 Å². The summed E-state index contributed by atoms with van der Waals surface area (Å²) >= 11 is 6.79. The zero-order valence-electron chi connectivity index (χ0n) is 21.4. The molecule has 0 radical (unpaired) electrons. The number of allylic oxidation sites excluding steroid dienone is 1. The van der Waals surface area contributed by atoms with Crippen LogP contribution in [0.1, 0.15) is 127 Å². The van der Waals surface area contributed by atoms with Gasteiger partial charge in [-0.2, -0.15) is 0 Å². The topological polar surface area (TPSA) is 30.2 Å². The Kier molecular flexibility index (Phi) is 11.7. The largest absolute Gasteiger partial charge is 0.427 e. The first-order valence-corrected chi connectivity index (χ1v) is 14.4. The van der Waals surface area contributed by atoms with Crippen molar-refractivity contribution in [1.82, 2.24) is 0 Å². The zero-order chi connectivity index (χ0) is 24.2. The lowest BCUT2D eigenvalue weighted by Crippen LogP contribution is -2.14. The highest BCUT2D eigenvalue weighted by Crippen LogP contribution is 2.41. The molecular formula is C31H45ClO2. The van der Waals surface area contributed by atoms with E-state index >= 15 is 0 Å². The summed E-state index contributed by atoms with van der Waals surface area (Å²) in [6.45, 7) is 6.11. The SMILES string of the molecule is C=CCCC1CCC(c2ccc3cc(CCCCCCCCCCCC)oc(=O)c3c2Cl)CC1. The van der Waals surface area contributed by atoms with Gasteiger partial charge in [0.15, 0.2) is 0 Å². The number of hydrogen-bond donors (Lipinski definition) is 0. The molecule has 34 heavy (non-hydrogen) atoms. The van der Waals surface area contributed by atoms with Crippen molar-refractivity contribution < 1.29 is 4.42 Å². The van der Waals surface area contributed by atoms with Crippen LogP contribution in [0.5, 0.6) is 0 Å². The van der Waals surface area contributed by atoms with E-state index in [4.69, 9.17) is 16.0 Å². The Morgan fingerprint density at radius 1 is 0.971 bits per heavy atom. The monoisotopic (exact) mass is 484 g/mol. The molecule has 0 aliphatic heterocycles. The fourth-order valence-corrected chi connectivity index (χ4v) is 6.05. The molecule has 1 aliphatic rings. The van der Waals surface area contributed by atoms with Crippen LogP contribution in [0.4, 0.5) is 0 Å². The highest BCUT2D eigenvalue weighted by Gasteiger charge is 2.25. The van der Waals surface area contributed by atoms with Crippen molar-refractivity contribution in [2.75, 3.05) is 0 Å². The fraction of sp³-hybridized carbons (Fsp3) is 0.645. The quantitative estimate of drug-likeness (QED) is 0.186. The van der Waals surface area contributed by atoms with Crippen molar-refractivity contribution in [2.45, 2.75) is 122 Å². The van der Waals surface area contributed by atoms with E-state index in [9.17, 15) is 4.79 Å². The van der Waals surface area contributed by atoms with E-state index in [0.29, 0.717) is 16.3 Å². The molecule has 1 heterocycles. The molecule has 2 aromatic rings. The van der Waals surface area contributed by atoms with Crippen LogP contribution >= 0.6 is 11.6 Å². The zero-order valence-corrected chi connectivity index (χ0v) is 22.1. The molecular weight excluding hydrogens is 440 g/mol. The van der Waals surface area contributed by atoms with Crippen LogP contribution in [0.15, 0.2) is 40.1 Å². The van der Waals surface area contributed by atoms with Gasteiger partial charge in [-0.3, -0.25) is 0 Å². The van der Waals surface area contributed by atoms with Gasteiger partial charge in [-0.05, 0) is 73.8 Å². The molecule has 0 amide bonds. The van der Waals surface area contributed by atoms with E-state index in [1.165, 1.54) is 77.0 Å². The van der Waals surface area contributed by atoms with Gasteiger partial charge in [0, 0.05) is 6.42 Å². The molecule has 0 N–H and O–H groups in total. The van der Waals surface area contributed by atoms with Crippen molar-refractivity contribution in [3.05, 3.63) is 57.6 Å². The van der Waals surface area contributed by atoms with Crippen LogP contribution in [0.25, 0.3) is 10.8 Å². The first-order valence-electron chi connectivity index (χ1n) is 14.0. The Bertz CT molecular complexity index is 936. The van der Waals surface area contributed by atoms with E-state index in [-0.39, 0.29) is 5.63 Å². The van der Waals surface area contributed by atoms with Gasteiger partial charge >= 0.3 is 5.63 Å². The lowest BCUT2D eigenvalue weighted by Gasteiger charge is -2.29. The molecule has 1 aromatic carbocycles. The summed E-state index contributed by atoms with van der Waals surface area (Å²) in [4.78, 5) is 12.8. The molecule has 3 heteroatoms. The summed E-state index contributed by atoms with van der Waals surface area (Å²) in [6.07, 6.45) is 23.0. The third-order valence-electron chi connectivity index (χ3n) is 7.79. The van der Waals surface area contributed by atoms with E-state index in [1.807, 2.05) is 12.1 Å². The molecule has 0 spiro atoms. The van der Waals surface area contributed by atoms with Gasteiger partial charge < -0.3 is 4.42 Å². The van der Waals surface area contributed by atoms with E-state index < -0.39 is 0 Å². The third kappa shape index (κ3) is 8.01. The van der Waals surface area contributed by atoms with Gasteiger partial charge in [0.2, 0.25) is 0 Å². The number of aryl methyl sites for hydroxylation is 1. The predicted molar refractivity (Wildman–Crippen MR) is 147 cm³/mol. The summed E-state index contributed by atoms with van der Waals surface area (Å²) in [7, 11) is 0. The van der Waals surface area contributed by atoms with E-state index in [1.54, 1.807) is 0 Å². The molecule has 0 bridgehead atoms. The molecule has 3 rings (SSSR count). The van der Waals surface area contributed by atoms with Crippen molar-refractivity contribution in [3.63, 3.8) is 0 Å². The lowest BCUT2D eigenvalue weighted by atomic mass is 9.77. The average Bonchev–Trinajstić information content (AvgIpc) is 2.84. The summed E-state index contributed by atoms with van der Waals surface area (Å²) in [5.74, 6) is 2.04. The maximum Gasteiger partial charge on any atom is 0.345 e. The molecule has 1 aliphatic carbocycles. The minimum absolute atomic E-state index is 0.272. The Labute approximate surface area is 212 Å². The summed E-state index contributed by atoms with van der Waals surface area (Å²) < 4.78 is 5.71.